The Morgan fingerprint density at radius 3 is 2.79 bits per heavy atom. The molecule has 24 heavy (non-hydrogen) atoms. The predicted octanol–water partition coefficient (Wildman–Crippen LogP) is 3.01. The SMILES string of the molecule is CC(O)CCN1CC=C(NC(C)C)c2cc(-c3cn[nH]c3)ccc21. The van der Waals surface area contributed by atoms with Crippen LogP contribution in [0, 0.1) is 0 Å². The summed E-state index contributed by atoms with van der Waals surface area (Å²) in [6.45, 7) is 7.86. The number of aromatic nitrogens is 2. The molecule has 3 rings (SSSR count). The van der Waals surface area contributed by atoms with Crippen molar-refractivity contribution in [2.24, 2.45) is 0 Å². The van der Waals surface area contributed by atoms with Gasteiger partial charge in [-0.3, -0.25) is 5.10 Å². The van der Waals surface area contributed by atoms with E-state index in [4.69, 9.17) is 0 Å². The van der Waals surface area contributed by atoms with Crippen molar-refractivity contribution in [3.8, 4) is 11.1 Å². The van der Waals surface area contributed by atoms with Gasteiger partial charge in [-0.05, 0) is 51.0 Å². The lowest BCUT2D eigenvalue weighted by molar-refractivity contribution is 0.186. The van der Waals surface area contributed by atoms with Crippen molar-refractivity contribution in [1.29, 1.82) is 0 Å². The maximum atomic E-state index is 9.61. The minimum atomic E-state index is -0.280. The summed E-state index contributed by atoms with van der Waals surface area (Å²) in [7, 11) is 0. The van der Waals surface area contributed by atoms with Gasteiger partial charge in [-0.15, -0.1) is 0 Å². The largest absolute Gasteiger partial charge is 0.393 e. The zero-order valence-corrected chi connectivity index (χ0v) is 14.6. The van der Waals surface area contributed by atoms with Crippen LogP contribution in [0.3, 0.4) is 0 Å². The van der Waals surface area contributed by atoms with Gasteiger partial charge in [0.1, 0.15) is 0 Å². The van der Waals surface area contributed by atoms with Crippen molar-refractivity contribution in [2.45, 2.75) is 39.3 Å². The summed E-state index contributed by atoms with van der Waals surface area (Å²) >= 11 is 0. The zero-order chi connectivity index (χ0) is 17.1. The Bertz CT molecular complexity index is 704. The number of fused-ring (bicyclic) bond motifs is 1. The number of anilines is 1. The van der Waals surface area contributed by atoms with Crippen molar-refractivity contribution in [2.75, 3.05) is 18.0 Å². The highest BCUT2D eigenvalue weighted by Crippen LogP contribution is 2.34. The van der Waals surface area contributed by atoms with Gasteiger partial charge in [0.2, 0.25) is 0 Å². The van der Waals surface area contributed by atoms with Crippen LogP contribution in [0.4, 0.5) is 5.69 Å². The van der Waals surface area contributed by atoms with Gasteiger partial charge < -0.3 is 15.3 Å². The molecule has 0 spiro atoms. The van der Waals surface area contributed by atoms with Crippen LogP contribution in [-0.4, -0.2) is 40.5 Å². The van der Waals surface area contributed by atoms with E-state index in [1.807, 2.05) is 19.3 Å². The van der Waals surface area contributed by atoms with E-state index in [2.05, 4.69) is 58.5 Å². The Balaban J connectivity index is 1.95. The number of hydrogen-bond acceptors (Lipinski definition) is 4. The van der Waals surface area contributed by atoms with Crippen LogP contribution in [-0.2, 0) is 0 Å². The van der Waals surface area contributed by atoms with Crippen molar-refractivity contribution < 1.29 is 5.11 Å². The van der Waals surface area contributed by atoms with E-state index in [0.717, 1.165) is 30.6 Å². The molecule has 0 radical (unpaired) electrons. The van der Waals surface area contributed by atoms with E-state index in [-0.39, 0.29) is 6.10 Å². The van der Waals surface area contributed by atoms with Crippen molar-refractivity contribution in [3.63, 3.8) is 0 Å². The Morgan fingerprint density at radius 2 is 2.12 bits per heavy atom. The maximum absolute atomic E-state index is 9.61. The predicted molar refractivity (Wildman–Crippen MR) is 98.8 cm³/mol. The Morgan fingerprint density at radius 1 is 1.29 bits per heavy atom. The Labute approximate surface area is 143 Å². The third-order valence-corrected chi connectivity index (χ3v) is 4.24. The number of aliphatic hydroxyl groups excluding tert-OH is 1. The molecule has 1 aliphatic rings. The summed E-state index contributed by atoms with van der Waals surface area (Å²) in [6.07, 6.45) is 6.48. The third kappa shape index (κ3) is 3.62. The summed E-state index contributed by atoms with van der Waals surface area (Å²) in [5.74, 6) is 0. The average molecular weight is 326 g/mol. The number of aromatic amines is 1. The van der Waals surface area contributed by atoms with E-state index in [1.165, 1.54) is 16.9 Å². The molecule has 0 saturated carbocycles. The number of nitrogens with zero attached hydrogens (tertiary/aromatic N) is 2. The van der Waals surface area contributed by atoms with E-state index in [0.29, 0.717) is 6.04 Å². The van der Waals surface area contributed by atoms with Crippen LogP contribution in [0.1, 0.15) is 32.8 Å². The Kier molecular flexibility index (Phi) is 4.90. The minimum Gasteiger partial charge on any atom is -0.393 e. The topological polar surface area (TPSA) is 64.2 Å². The molecule has 3 N–H and O–H groups in total. The highest BCUT2D eigenvalue weighted by Gasteiger charge is 2.20. The smallest absolute Gasteiger partial charge is 0.0565 e. The van der Waals surface area contributed by atoms with E-state index >= 15 is 0 Å². The van der Waals surface area contributed by atoms with Crippen LogP contribution >= 0.6 is 0 Å². The second-order valence-corrected chi connectivity index (χ2v) is 6.72. The summed E-state index contributed by atoms with van der Waals surface area (Å²) in [6, 6.07) is 6.91. The van der Waals surface area contributed by atoms with Crippen molar-refractivity contribution >= 4 is 11.4 Å². The number of nitrogens with one attached hydrogen (secondary N) is 2. The molecule has 0 saturated heterocycles. The van der Waals surface area contributed by atoms with Crippen LogP contribution in [0.15, 0.2) is 36.7 Å². The molecule has 1 unspecified atom stereocenters. The quantitative estimate of drug-likeness (QED) is 0.763. The summed E-state index contributed by atoms with van der Waals surface area (Å²) in [5.41, 5.74) is 5.84. The van der Waals surface area contributed by atoms with Crippen LogP contribution in [0.25, 0.3) is 16.8 Å². The third-order valence-electron chi connectivity index (χ3n) is 4.24. The lowest BCUT2D eigenvalue weighted by Crippen LogP contribution is -2.33. The summed E-state index contributed by atoms with van der Waals surface area (Å²) in [4.78, 5) is 2.33. The van der Waals surface area contributed by atoms with E-state index < -0.39 is 0 Å². The molecule has 0 fully saturated rings. The van der Waals surface area contributed by atoms with Crippen LogP contribution in [0.2, 0.25) is 0 Å². The Hall–Kier alpha value is -2.27. The second-order valence-electron chi connectivity index (χ2n) is 6.72. The number of rotatable bonds is 6. The highest BCUT2D eigenvalue weighted by molar-refractivity contribution is 5.83. The van der Waals surface area contributed by atoms with Crippen LogP contribution in [0.5, 0.6) is 0 Å². The molecule has 1 aromatic carbocycles. The lowest BCUT2D eigenvalue weighted by Gasteiger charge is -2.32. The summed E-state index contributed by atoms with van der Waals surface area (Å²) < 4.78 is 0. The van der Waals surface area contributed by atoms with Gasteiger partial charge in [0.05, 0.1) is 12.3 Å². The molecule has 0 bridgehead atoms. The molecule has 5 heteroatoms. The monoisotopic (exact) mass is 326 g/mol. The molecular formula is C19H26N4O. The minimum absolute atomic E-state index is 0.280. The first-order valence-corrected chi connectivity index (χ1v) is 8.58. The lowest BCUT2D eigenvalue weighted by atomic mass is 9.98. The first-order valence-electron chi connectivity index (χ1n) is 8.58. The van der Waals surface area contributed by atoms with Gasteiger partial charge >= 0.3 is 0 Å². The standard InChI is InChI=1S/C19H26N4O/c1-13(2)22-18-7-9-23(8-6-14(3)24)19-5-4-15(10-17(18)19)16-11-20-21-12-16/h4-5,7,10-14,22,24H,6,8-9H2,1-3H3,(H,20,21). The van der Waals surface area contributed by atoms with E-state index in [1.54, 1.807) is 0 Å². The van der Waals surface area contributed by atoms with Gasteiger partial charge in [-0.1, -0.05) is 6.07 Å². The molecule has 0 amide bonds. The summed E-state index contributed by atoms with van der Waals surface area (Å²) in [5, 5.41) is 20.1. The highest BCUT2D eigenvalue weighted by atomic mass is 16.3. The van der Waals surface area contributed by atoms with Gasteiger partial charge in [0, 0.05) is 47.8 Å². The van der Waals surface area contributed by atoms with Gasteiger partial charge in [0.15, 0.2) is 0 Å². The van der Waals surface area contributed by atoms with Gasteiger partial charge in [-0.2, -0.15) is 5.10 Å². The first-order chi connectivity index (χ1) is 11.5. The second kappa shape index (κ2) is 7.09. The molecule has 1 atom stereocenters. The normalized spacial score (nSPS) is 15.2. The molecule has 1 aromatic heterocycles. The molecule has 2 heterocycles. The fourth-order valence-electron chi connectivity index (χ4n) is 3.03. The maximum Gasteiger partial charge on any atom is 0.0565 e. The number of aliphatic hydroxyl groups is 1. The van der Waals surface area contributed by atoms with Crippen molar-refractivity contribution in [1.82, 2.24) is 15.5 Å². The number of H-pyrrole nitrogens is 1. The molecule has 1 aliphatic heterocycles. The average Bonchev–Trinajstić information content (AvgIpc) is 3.07. The van der Waals surface area contributed by atoms with Gasteiger partial charge in [0.25, 0.3) is 0 Å². The van der Waals surface area contributed by atoms with Crippen LogP contribution < -0.4 is 10.2 Å². The number of hydrogen-bond donors (Lipinski definition) is 3. The van der Waals surface area contributed by atoms with E-state index in [9.17, 15) is 5.11 Å². The zero-order valence-electron chi connectivity index (χ0n) is 14.6. The van der Waals surface area contributed by atoms with Crippen molar-refractivity contribution in [3.05, 3.63) is 42.2 Å². The fraction of sp³-hybridized carbons (Fsp3) is 0.421. The molecule has 0 aliphatic carbocycles. The molecule has 5 nitrogen and oxygen atoms in total. The molecule has 2 aromatic rings. The van der Waals surface area contributed by atoms with Gasteiger partial charge in [-0.25, -0.2) is 0 Å². The first kappa shape index (κ1) is 16.6. The fourth-order valence-corrected chi connectivity index (χ4v) is 3.03. The number of benzene rings is 1. The molecular weight excluding hydrogens is 300 g/mol. The molecule has 128 valence electrons.